The number of nitrogens with zero attached hydrogens (tertiary/aromatic N) is 1. The zero-order valence-electron chi connectivity index (χ0n) is 9.70. The molecule has 0 atom stereocenters. The number of esters is 1. The largest absolute Gasteiger partial charge is 0.481 e. The lowest BCUT2D eigenvalue weighted by atomic mass is 10.2. The molecule has 0 fully saturated rings. The van der Waals surface area contributed by atoms with Crippen LogP contribution < -0.4 is 4.74 Å². The number of carbonyl (C=O) groups is 1. The number of hydrogen-bond donors (Lipinski definition) is 0. The van der Waals surface area contributed by atoms with E-state index < -0.39 is 11.6 Å². The van der Waals surface area contributed by atoms with Gasteiger partial charge in [0.05, 0.1) is 12.7 Å². The minimum absolute atomic E-state index is 0.385. The molecule has 1 rings (SSSR count). The number of carbonyl (C=O) groups excluding carboxylic acids is 1. The molecule has 0 spiro atoms. The van der Waals surface area contributed by atoms with Gasteiger partial charge in [-0.25, -0.2) is 9.78 Å². The van der Waals surface area contributed by atoms with E-state index in [1.54, 1.807) is 12.1 Å². The summed E-state index contributed by atoms with van der Waals surface area (Å²) >= 11 is 3.20. The van der Waals surface area contributed by atoms with E-state index in [9.17, 15) is 4.79 Å². The third-order valence-corrected chi connectivity index (χ3v) is 2.26. The number of rotatable bonds is 2. The maximum atomic E-state index is 11.7. The molecule has 0 aliphatic rings. The molecule has 4 nitrogen and oxygen atoms in total. The molecule has 0 N–H and O–H groups in total. The van der Waals surface area contributed by atoms with E-state index in [1.807, 2.05) is 20.8 Å². The summed E-state index contributed by atoms with van der Waals surface area (Å²) in [7, 11) is 1.52. The van der Waals surface area contributed by atoms with Crippen LogP contribution in [0.2, 0.25) is 0 Å². The van der Waals surface area contributed by atoms with Crippen molar-refractivity contribution in [1.82, 2.24) is 4.98 Å². The first-order valence-corrected chi connectivity index (χ1v) is 5.56. The minimum Gasteiger partial charge on any atom is -0.481 e. The van der Waals surface area contributed by atoms with Gasteiger partial charge in [-0.15, -0.1) is 0 Å². The summed E-state index contributed by atoms with van der Waals surface area (Å²) in [5, 5.41) is 0. The maximum absolute atomic E-state index is 11.7. The standard InChI is InChI=1S/C11H14BrNO3/c1-11(2,3)16-10(14)7-5-6-8(15-4)13-9(7)12/h5-6H,1-4H3. The van der Waals surface area contributed by atoms with Gasteiger partial charge in [0.2, 0.25) is 5.88 Å². The van der Waals surface area contributed by atoms with Crippen molar-refractivity contribution in [2.75, 3.05) is 7.11 Å². The fraction of sp³-hybridized carbons (Fsp3) is 0.455. The fourth-order valence-electron chi connectivity index (χ4n) is 1.02. The lowest BCUT2D eigenvalue weighted by Crippen LogP contribution is -2.24. The third kappa shape index (κ3) is 3.48. The Hall–Kier alpha value is -1.10. The van der Waals surface area contributed by atoms with E-state index in [1.165, 1.54) is 7.11 Å². The summed E-state index contributed by atoms with van der Waals surface area (Å²) in [4.78, 5) is 15.8. The first-order chi connectivity index (χ1) is 7.33. The average molecular weight is 288 g/mol. The average Bonchev–Trinajstić information content (AvgIpc) is 2.14. The highest BCUT2D eigenvalue weighted by Gasteiger charge is 2.20. The van der Waals surface area contributed by atoms with Crippen molar-refractivity contribution < 1.29 is 14.3 Å². The van der Waals surface area contributed by atoms with Crippen molar-refractivity contribution in [1.29, 1.82) is 0 Å². The fourth-order valence-corrected chi connectivity index (χ4v) is 1.49. The highest BCUT2D eigenvalue weighted by Crippen LogP contribution is 2.21. The van der Waals surface area contributed by atoms with Gasteiger partial charge in [0.25, 0.3) is 0 Å². The number of ether oxygens (including phenoxy) is 2. The van der Waals surface area contributed by atoms with Crippen molar-refractivity contribution in [2.24, 2.45) is 0 Å². The summed E-state index contributed by atoms with van der Waals surface area (Å²) in [6.07, 6.45) is 0. The number of methoxy groups -OCH3 is 1. The van der Waals surface area contributed by atoms with Gasteiger partial charge in [-0.05, 0) is 42.8 Å². The van der Waals surface area contributed by atoms with Crippen LogP contribution in [0.5, 0.6) is 5.88 Å². The van der Waals surface area contributed by atoms with Crippen LogP contribution in [0, 0.1) is 0 Å². The molecule has 0 saturated heterocycles. The van der Waals surface area contributed by atoms with Gasteiger partial charge >= 0.3 is 5.97 Å². The Bertz CT molecular complexity index is 399. The molecule has 0 aliphatic carbocycles. The molecule has 16 heavy (non-hydrogen) atoms. The van der Waals surface area contributed by atoms with Crippen LogP contribution >= 0.6 is 15.9 Å². The summed E-state index contributed by atoms with van der Waals surface area (Å²) in [5.74, 6) is 0.0358. The van der Waals surface area contributed by atoms with E-state index in [2.05, 4.69) is 20.9 Å². The number of pyridine rings is 1. The zero-order valence-corrected chi connectivity index (χ0v) is 11.3. The number of hydrogen-bond acceptors (Lipinski definition) is 4. The minimum atomic E-state index is -0.517. The van der Waals surface area contributed by atoms with Gasteiger partial charge in [-0.2, -0.15) is 0 Å². The number of aromatic nitrogens is 1. The second-order valence-corrected chi connectivity index (χ2v) is 4.95. The molecule has 0 aromatic carbocycles. The van der Waals surface area contributed by atoms with Crippen molar-refractivity contribution in [3.05, 3.63) is 22.3 Å². The molecule has 1 aromatic rings. The Morgan fingerprint density at radius 1 is 1.38 bits per heavy atom. The molecule has 0 amide bonds. The predicted molar refractivity (Wildman–Crippen MR) is 63.7 cm³/mol. The Morgan fingerprint density at radius 3 is 2.44 bits per heavy atom. The molecule has 0 unspecified atom stereocenters. The van der Waals surface area contributed by atoms with E-state index in [4.69, 9.17) is 9.47 Å². The van der Waals surface area contributed by atoms with Crippen LogP contribution in [0.15, 0.2) is 16.7 Å². The first kappa shape index (κ1) is 13.0. The topological polar surface area (TPSA) is 48.4 Å². The summed E-state index contributed by atoms with van der Waals surface area (Å²) < 4.78 is 10.6. The van der Waals surface area contributed by atoms with Gasteiger partial charge in [0, 0.05) is 6.07 Å². The molecule has 0 bridgehead atoms. The molecule has 1 aromatic heterocycles. The Kier molecular flexibility index (Phi) is 3.91. The van der Waals surface area contributed by atoms with E-state index in [-0.39, 0.29) is 0 Å². The summed E-state index contributed by atoms with van der Waals surface area (Å²) in [6, 6.07) is 3.23. The van der Waals surface area contributed by atoms with Gasteiger partial charge < -0.3 is 9.47 Å². The van der Waals surface area contributed by atoms with Crippen molar-refractivity contribution in [3.63, 3.8) is 0 Å². The van der Waals surface area contributed by atoms with Gasteiger partial charge in [0.15, 0.2) is 0 Å². The van der Waals surface area contributed by atoms with E-state index >= 15 is 0 Å². The summed E-state index contributed by atoms with van der Waals surface area (Å²) in [5.41, 5.74) is -0.132. The maximum Gasteiger partial charge on any atom is 0.341 e. The summed E-state index contributed by atoms with van der Waals surface area (Å²) in [6.45, 7) is 5.45. The molecule has 0 saturated carbocycles. The van der Waals surface area contributed by atoms with Crippen LogP contribution in [-0.2, 0) is 4.74 Å². The monoisotopic (exact) mass is 287 g/mol. The lowest BCUT2D eigenvalue weighted by Gasteiger charge is -2.19. The van der Waals surface area contributed by atoms with E-state index in [0.29, 0.717) is 16.0 Å². The molecule has 0 radical (unpaired) electrons. The smallest absolute Gasteiger partial charge is 0.341 e. The Labute approximate surface area is 103 Å². The SMILES string of the molecule is COc1ccc(C(=O)OC(C)(C)C)c(Br)n1. The second kappa shape index (κ2) is 4.82. The molecule has 0 aliphatic heterocycles. The highest BCUT2D eigenvalue weighted by atomic mass is 79.9. The third-order valence-electron chi connectivity index (χ3n) is 1.65. The highest BCUT2D eigenvalue weighted by molar-refractivity contribution is 9.10. The van der Waals surface area contributed by atoms with Crippen LogP contribution in [0.3, 0.4) is 0 Å². The normalized spacial score (nSPS) is 11.1. The Morgan fingerprint density at radius 2 is 2.00 bits per heavy atom. The van der Waals surface area contributed by atoms with Gasteiger partial charge in [-0.1, -0.05) is 0 Å². The van der Waals surface area contributed by atoms with Crippen molar-refractivity contribution in [3.8, 4) is 5.88 Å². The van der Waals surface area contributed by atoms with Crippen molar-refractivity contribution >= 4 is 21.9 Å². The molecule has 88 valence electrons. The van der Waals surface area contributed by atoms with Crippen LogP contribution in [0.25, 0.3) is 0 Å². The molecule has 1 heterocycles. The predicted octanol–water partition coefficient (Wildman–Crippen LogP) is 2.81. The van der Waals surface area contributed by atoms with Crippen LogP contribution in [0.4, 0.5) is 0 Å². The van der Waals surface area contributed by atoms with Gasteiger partial charge in [0.1, 0.15) is 10.2 Å². The number of halogens is 1. The molecular weight excluding hydrogens is 274 g/mol. The van der Waals surface area contributed by atoms with Crippen molar-refractivity contribution in [2.45, 2.75) is 26.4 Å². The van der Waals surface area contributed by atoms with Crippen LogP contribution in [0.1, 0.15) is 31.1 Å². The van der Waals surface area contributed by atoms with E-state index in [0.717, 1.165) is 0 Å². The zero-order chi connectivity index (χ0) is 12.3. The molecule has 5 heteroatoms. The lowest BCUT2D eigenvalue weighted by molar-refractivity contribution is 0.00679. The first-order valence-electron chi connectivity index (χ1n) is 4.77. The van der Waals surface area contributed by atoms with Gasteiger partial charge in [-0.3, -0.25) is 0 Å². The quantitative estimate of drug-likeness (QED) is 0.620. The second-order valence-electron chi connectivity index (χ2n) is 4.19. The molecular formula is C11H14BrNO3. The Balaban J connectivity index is 2.93. The van der Waals surface area contributed by atoms with Crippen LogP contribution in [-0.4, -0.2) is 23.7 Å².